The van der Waals surface area contributed by atoms with Gasteiger partial charge in [0.15, 0.2) is 0 Å². The second kappa shape index (κ2) is 13.5. The van der Waals surface area contributed by atoms with E-state index in [1.807, 2.05) is 18.2 Å². The first-order valence-electron chi connectivity index (χ1n) is 12.0. The molecule has 1 aliphatic carbocycles. The van der Waals surface area contributed by atoms with Crippen LogP contribution in [0, 0.1) is 6.92 Å². The third-order valence-corrected chi connectivity index (χ3v) is 6.00. The van der Waals surface area contributed by atoms with Gasteiger partial charge in [0, 0.05) is 29.9 Å². The topological polar surface area (TPSA) is 111 Å². The quantitative estimate of drug-likeness (QED) is 0.278. The average Bonchev–Trinajstić information content (AvgIpc) is 3.71. The minimum absolute atomic E-state index is 0.139. The fraction of sp³-hybridized carbons (Fsp3) is 0.241. The number of rotatable bonds is 9. The number of hydrogen-bond acceptors (Lipinski definition) is 5. The fourth-order valence-corrected chi connectivity index (χ4v) is 3.88. The summed E-state index contributed by atoms with van der Waals surface area (Å²) in [5.41, 5.74) is 5.00. The van der Waals surface area contributed by atoms with Gasteiger partial charge in [-0.15, -0.1) is 0 Å². The van der Waals surface area contributed by atoms with E-state index in [4.69, 9.17) is 11.6 Å². The largest absolute Gasteiger partial charge is 0.508 e. The standard InChI is InChI=1S/C22H24ClN3O4.C7H8/c1-24-12-19(22(29)30)26-20(14-5-6-14)17-8-7-15(10-18(17)23)21(28)25-11-13-3-2-4-16(27)9-13;1-7-5-3-2-4-6-7/h2-4,7-10,19,24,26-27H,5-6,11-12H2,1H3,(H,25,28)(H,29,30);2-6H,1H3. The second-order valence-electron chi connectivity index (χ2n) is 8.77. The zero-order valence-electron chi connectivity index (χ0n) is 20.9. The van der Waals surface area contributed by atoms with Gasteiger partial charge in [0.2, 0.25) is 0 Å². The van der Waals surface area contributed by atoms with Crippen LogP contribution in [0.15, 0.2) is 78.4 Å². The first-order valence-corrected chi connectivity index (χ1v) is 12.4. The minimum atomic E-state index is -0.956. The number of halogens is 1. The number of carbonyl (C=O) groups is 2. The molecule has 3 aromatic carbocycles. The molecule has 1 saturated carbocycles. The lowest BCUT2D eigenvalue weighted by Gasteiger charge is -2.19. The van der Waals surface area contributed by atoms with Crippen molar-refractivity contribution < 1.29 is 19.8 Å². The number of carboxylic acids is 1. The van der Waals surface area contributed by atoms with Crippen LogP contribution in [0.1, 0.15) is 39.9 Å². The maximum Gasteiger partial charge on any atom is 0.327 e. The normalized spacial score (nSPS) is 12.6. The lowest BCUT2D eigenvalue weighted by atomic mass is 10.1. The number of aryl methyl sites for hydroxylation is 1. The maximum absolute atomic E-state index is 12.5. The highest BCUT2D eigenvalue weighted by atomic mass is 35.5. The number of aromatic hydroxyl groups is 1. The van der Waals surface area contributed by atoms with Crippen LogP contribution in [0.3, 0.4) is 0 Å². The number of carbonyl (C=O) groups excluding carboxylic acids is 1. The SMILES string of the molecule is CNCC(NC(=C1CC1)c1ccc(C(=O)NCc2cccc(O)c2)cc1Cl)C(=O)O.Cc1ccccc1. The third kappa shape index (κ3) is 8.66. The van der Waals surface area contributed by atoms with Crippen molar-refractivity contribution in [2.75, 3.05) is 13.6 Å². The smallest absolute Gasteiger partial charge is 0.327 e. The Morgan fingerprint density at radius 1 is 1.00 bits per heavy atom. The Bertz CT molecular complexity index is 1260. The fourth-order valence-electron chi connectivity index (χ4n) is 3.61. The van der Waals surface area contributed by atoms with Gasteiger partial charge in [-0.2, -0.15) is 0 Å². The van der Waals surface area contributed by atoms with E-state index >= 15 is 0 Å². The van der Waals surface area contributed by atoms with E-state index in [9.17, 15) is 19.8 Å². The number of carboxylic acid groups (broad SMARTS) is 1. The van der Waals surface area contributed by atoms with Crippen LogP contribution < -0.4 is 16.0 Å². The van der Waals surface area contributed by atoms with Crippen molar-refractivity contribution in [3.05, 3.63) is 106 Å². The van der Waals surface area contributed by atoms with E-state index in [0.29, 0.717) is 16.1 Å². The Morgan fingerprint density at radius 3 is 2.27 bits per heavy atom. The van der Waals surface area contributed by atoms with Crippen LogP contribution >= 0.6 is 11.6 Å². The molecule has 1 atom stereocenters. The van der Waals surface area contributed by atoms with Crippen molar-refractivity contribution in [3.8, 4) is 5.75 Å². The number of nitrogens with one attached hydrogen (secondary N) is 3. The molecule has 1 unspecified atom stereocenters. The molecule has 0 radical (unpaired) electrons. The van der Waals surface area contributed by atoms with Gasteiger partial charge in [-0.25, -0.2) is 4.79 Å². The summed E-state index contributed by atoms with van der Waals surface area (Å²) in [5, 5.41) is 28.1. The molecule has 3 aromatic rings. The molecule has 1 fully saturated rings. The van der Waals surface area contributed by atoms with Gasteiger partial charge in [0.05, 0.1) is 5.02 Å². The molecule has 5 N–H and O–H groups in total. The number of likely N-dealkylation sites (N-methyl/N-ethyl adjacent to an activating group) is 1. The van der Waals surface area contributed by atoms with E-state index in [1.54, 1.807) is 49.5 Å². The number of amides is 1. The van der Waals surface area contributed by atoms with Crippen LogP contribution in [0.5, 0.6) is 5.75 Å². The number of allylic oxidation sites excluding steroid dienone is 1. The minimum Gasteiger partial charge on any atom is -0.508 e. The molecule has 0 bridgehead atoms. The Morgan fingerprint density at radius 2 is 1.73 bits per heavy atom. The summed E-state index contributed by atoms with van der Waals surface area (Å²) < 4.78 is 0. The zero-order chi connectivity index (χ0) is 26.8. The second-order valence-corrected chi connectivity index (χ2v) is 9.18. The van der Waals surface area contributed by atoms with Crippen molar-refractivity contribution in [1.29, 1.82) is 0 Å². The summed E-state index contributed by atoms with van der Waals surface area (Å²) in [6.07, 6.45) is 1.77. The molecule has 0 aliphatic heterocycles. The summed E-state index contributed by atoms with van der Waals surface area (Å²) in [4.78, 5) is 24.0. The highest BCUT2D eigenvalue weighted by Gasteiger charge is 2.26. The summed E-state index contributed by atoms with van der Waals surface area (Å²) >= 11 is 6.47. The van der Waals surface area contributed by atoms with Gasteiger partial charge in [0.25, 0.3) is 5.91 Å². The molecule has 0 heterocycles. The van der Waals surface area contributed by atoms with Crippen LogP contribution in [-0.4, -0.2) is 41.7 Å². The van der Waals surface area contributed by atoms with Crippen molar-refractivity contribution in [3.63, 3.8) is 0 Å². The van der Waals surface area contributed by atoms with E-state index in [2.05, 4.69) is 35.0 Å². The maximum atomic E-state index is 12.5. The third-order valence-electron chi connectivity index (χ3n) is 5.68. The van der Waals surface area contributed by atoms with Crippen molar-refractivity contribution >= 4 is 29.2 Å². The van der Waals surface area contributed by atoms with Crippen molar-refractivity contribution in [2.24, 2.45) is 0 Å². The van der Waals surface area contributed by atoms with Crippen LogP contribution in [0.2, 0.25) is 5.02 Å². The highest BCUT2D eigenvalue weighted by Crippen LogP contribution is 2.37. The lowest BCUT2D eigenvalue weighted by molar-refractivity contribution is -0.138. The van der Waals surface area contributed by atoms with E-state index in [0.717, 1.165) is 29.7 Å². The first-order chi connectivity index (χ1) is 17.8. The van der Waals surface area contributed by atoms with Gasteiger partial charge in [-0.3, -0.25) is 4.79 Å². The van der Waals surface area contributed by atoms with Crippen LogP contribution in [0.4, 0.5) is 0 Å². The highest BCUT2D eigenvalue weighted by molar-refractivity contribution is 6.32. The Kier molecular flexibility index (Phi) is 10.1. The number of phenolic OH excluding ortho intramolecular Hbond substituents is 1. The van der Waals surface area contributed by atoms with Gasteiger partial charge in [-0.1, -0.05) is 65.7 Å². The molecule has 194 valence electrons. The zero-order valence-corrected chi connectivity index (χ0v) is 21.7. The molecular weight excluding hydrogens is 490 g/mol. The molecule has 1 aliphatic rings. The predicted molar refractivity (Wildman–Crippen MR) is 147 cm³/mol. The Hall–Kier alpha value is -3.81. The summed E-state index contributed by atoms with van der Waals surface area (Å²) in [7, 11) is 1.69. The van der Waals surface area contributed by atoms with E-state index < -0.39 is 12.0 Å². The van der Waals surface area contributed by atoms with Gasteiger partial charge < -0.3 is 26.2 Å². The number of phenols is 1. The van der Waals surface area contributed by atoms with Crippen molar-refractivity contribution in [2.45, 2.75) is 32.4 Å². The summed E-state index contributed by atoms with van der Waals surface area (Å²) in [6, 6.07) is 21.1. The predicted octanol–water partition coefficient (Wildman–Crippen LogP) is 4.74. The Balaban J connectivity index is 0.000000468. The molecule has 37 heavy (non-hydrogen) atoms. The molecule has 0 aromatic heterocycles. The number of benzene rings is 3. The van der Waals surface area contributed by atoms with Gasteiger partial charge in [0.1, 0.15) is 11.8 Å². The molecule has 4 rings (SSSR count). The summed E-state index contributed by atoms with van der Waals surface area (Å²) in [6.45, 7) is 2.62. The molecule has 1 amide bonds. The van der Waals surface area contributed by atoms with Gasteiger partial charge in [-0.05, 0) is 62.2 Å². The molecule has 0 spiro atoms. The first kappa shape index (κ1) is 27.8. The van der Waals surface area contributed by atoms with E-state index in [1.165, 1.54) is 5.56 Å². The molecule has 7 nitrogen and oxygen atoms in total. The molecule has 0 saturated heterocycles. The summed E-state index contributed by atoms with van der Waals surface area (Å²) in [5.74, 6) is -1.11. The van der Waals surface area contributed by atoms with Crippen molar-refractivity contribution in [1.82, 2.24) is 16.0 Å². The number of hydrogen-bond donors (Lipinski definition) is 5. The van der Waals surface area contributed by atoms with E-state index in [-0.39, 0.29) is 24.7 Å². The molecule has 8 heteroatoms. The molecular formula is C29H32ClN3O4. The monoisotopic (exact) mass is 521 g/mol. The van der Waals surface area contributed by atoms with Crippen LogP contribution in [0.25, 0.3) is 5.70 Å². The van der Waals surface area contributed by atoms with Gasteiger partial charge >= 0.3 is 5.97 Å². The average molecular weight is 522 g/mol. The van der Waals surface area contributed by atoms with Crippen LogP contribution in [-0.2, 0) is 11.3 Å². The lowest BCUT2D eigenvalue weighted by Crippen LogP contribution is -2.42. The Labute approximate surface area is 222 Å². The number of aliphatic carboxylic acids is 1.